The molecule has 5 nitrogen and oxygen atoms in total. The van der Waals surface area contributed by atoms with Crippen molar-refractivity contribution in [3.63, 3.8) is 0 Å². The highest BCUT2D eigenvalue weighted by atomic mass is 19.4. The summed E-state index contributed by atoms with van der Waals surface area (Å²) < 4.78 is 50.1. The largest absolute Gasteiger partial charge is 0.416 e. The number of benzene rings is 2. The summed E-state index contributed by atoms with van der Waals surface area (Å²) in [5, 5.41) is 3.86. The van der Waals surface area contributed by atoms with Gasteiger partial charge in [0.25, 0.3) is 0 Å². The number of hydrogen-bond acceptors (Lipinski definition) is 5. The lowest BCUT2D eigenvalue weighted by Crippen LogP contribution is -2.42. The summed E-state index contributed by atoms with van der Waals surface area (Å²) >= 11 is 0. The van der Waals surface area contributed by atoms with Crippen LogP contribution in [-0.2, 0) is 17.5 Å². The highest BCUT2D eigenvalue weighted by Crippen LogP contribution is 2.31. The minimum atomic E-state index is -4.42. The molecule has 29 heavy (non-hydrogen) atoms. The van der Waals surface area contributed by atoms with Crippen molar-refractivity contribution in [1.82, 2.24) is 15.0 Å². The van der Waals surface area contributed by atoms with Crippen LogP contribution in [-0.4, -0.2) is 34.2 Å². The molecule has 0 spiro atoms. The molecule has 3 aromatic rings. The second-order valence-electron chi connectivity index (χ2n) is 7.13. The number of ether oxygens (including phenoxy) is 1. The Balaban J connectivity index is 1.48. The maximum atomic E-state index is 12.9. The molecule has 0 bridgehead atoms. The first-order valence-electron chi connectivity index (χ1n) is 9.31. The maximum Gasteiger partial charge on any atom is 0.416 e. The van der Waals surface area contributed by atoms with Crippen LogP contribution in [0.3, 0.4) is 0 Å². The van der Waals surface area contributed by atoms with Crippen LogP contribution >= 0.6 is 0 Å². The number of morpholine rings is 1. The summed E-state index contributed by atoms with van der Waals surface area (Å²) in [4.78, 5) is 6.44. The zero-order valence-corrected chi connectivity index (χ0v) is 15.8. The molecule has 4 rings (SSSR count). The number of aromatic nitrogens is 2. The van der Waals surface area contributed by atoms with E-state index >= 15 is 0 Å². The van der Waals surface area contributed by atoms with E-state index in [1.54, 1.807) is 0 Å². The van der Waals surface area contributed by atoms with Crippen molar-refractivity contribution in [2.24, 2.45) is 0 Å². The van der Waals surface area contributed by atoms with Gasteiger partial charge in [0.2, 0.25) is 11.7 Å². The SMILES string of the molecule is CC1CN(Cc2nc(-c3cccc(C(F)(F)F)c3)no2)CC(c2ccccc2)O1. The van der Waals surface area contributed by atoms with Gasteiger partial charge in [-0.25, -0.2) is 0 Å². The average molecular weight is 403 g/mol. The van der Waals surface area contributed by atoms with Crippen LogP contribution in [0.4, 0.5) is 13.2 Å². The van der Waals surface area contributed by atoms with Crippen molar-refractivity contribution in [3.05, 3.63) is 71.6 Å². The molecular weight excluding hydrogens is 383 g/mol. The number of rotatable bonds is 4. The lowest BCUT2D eigenvalue weighted by molar-refractivity contribution is -0.137. The van der Waals surface area contributed by atoms with Crippen LogP contribution in [0.1, 0.15) is 30.0 Å². The zero-order valence-electron chi connectivity index (χ0n) is 15.8. The van der Waals surface area contributed by atoms with Crippen LogP contribution in [0, 0.1) is 0 Å². The highest BCUT2D eigenvalue weighted by Gasteiger charge is 2.31. The van der Waals surface area contributed by atoms with E-state index in [4.69, 9.17) is 9.26 Å². The van der Waals surface area contributed by atoms with Gasteiger partial charge >= 0.3 is 6.18 Å². The van der Waals surface area contributed by atoms with E-state index in [0.29, 0.717) is 25.5 Å². The summed E-state index contributed by atoms with van der Waals surface area (Å²) in [7, 11) is 0. The van der Waals surface area contributed by atoms with E-state index in [-0.39, 0.29) is 23.6 Å². The second kappa shape index (κ2) is 7.96. The highest BCUT2D eigenvalue weighted by molar-refractivity contribution is 5.55. The van der Waals surface area contributed by atoms with Crippen LogP contribution in [0.15, 0.2) is 59.1 Å². The fourth-order valence-corrected chi connectivity index (χ4v) is 3.48. The summed E-state index contributed by atoms with van der Waals surface area (Å²) in [6, 6.07) is 14.9. The molecule has 152 valence electrons. The van der Waals surface area contributed by atoms with Gasteiger partial charge in [-0.1, -0.05) is 47.6 Å². The molecule has 1 aliphatic heterocycles. The van der Waals surface area contributed by atoms with Gasteiger partial charge in [-0.2, -0.15) is 18.2 Å². The van der Waals surface area contributed by atoms with Gasteiger partial charge in [0, 0.05) is 18.7 Å². The Morgan fingerprint density at radius 1 is 1.07 bits per heavy atom. The standard InChI is InChI=1S/C21H20F3N3O2/c1-14-11-27(12-18(28-14)15-6-3-2-4-7-15)13-19-25-20(26-29-19)16-8-5-9-17(10-16)21(22,23)24/h2-10,14,18H,11-13H2,1H3. The number of hydrogen-bond donors (Lipinski definition) is 0. The molecule has 0 aliphatic carbocycles. The van der Waals surface area contributed by atoms with E-state index in [1.165, 1.54) is 12.1 Å². The molecule has 0 amide bonds. The molecule has 8 heteroatoms. The molecule has 1 saturated heterocycles. The Kier molecular flexibility index (Phi) is 5.38. The summed E-state index contributed by atoms with van der Waals surface area (Å²) in [5.74, 6) is 0.505. The first kappa shape index (κ1) is 19.6. The molecule has 0 radical (unpaired) electrons. The first-order chi connectivity index (χ1) is 13.9. The summed E-state index contributed by atoms with van der Waals surface area (Å²) in [6.45, 7) is 3.77. The predicted octanol–water partition coefficient (Wildman–Crippen LogP) is 4.72. The van der Waals surface area contributed by atoms with E-state index in [1.807, 2.05) is 37.3 Å². The van der Waals surface area contributed by atoms with E-state index < -0.39 is 11.7 Å². The van der Waals surface area contributed by atoms with Crippen LogP contribution < -0.4 is 0 Å². The average Bonchev–Trinajstić information content (AvgIpc) is 3.16. The third kappa shape index (κ3) is 4.65. The van der Waals surface area contributed by atoms with E-state index in [2.05, 4.69) is 15.0 Å². The van der Waals surface area contributed by atoms with Gasteiger partial charge in [0.15, 0.2) is 0 Å². The Hall–Kier alpha value is -2.71. The Morgan fingerprint density at radius 3 is 2.62 bits per heavy atom. The predicted molar refractivity (Wildman–Crippen MR) is 99.7 cm³/mol. The van der Waals surface area contributed by atoms with Gasteiger partial charge < -0.3 is 9.26 Å². The zero-order chi connectivity index (χ0) is 20.4. The van der Waals surface area contributed by atoms with Crippen molar-refractivity contribution in [1.29, 1.82) is 0 Å². The maximum absolute atomic E-state index is 12.9. The molecular formula is C21H20F3N3O2. The Labute approximate surface area is 166 Å². The fraction of sp³-hybridized carbons (Fsp3) is 0.333. The third-order valence-electron chi connectivity index (χ3n) is 4.78. The molecule has 1 fully saturated rings. The molecule has 0 N–H and O–H groups in total. The molecule has 2 heterocycles. The monoisotopic (exact) mass is 403 g/mol. The van der Waals surface area contributed by atoms with Gasteiger partial charge in [-0.05, 0) is 24.6 Å². The van der Waals surface area contributed by atoms with Gasteiger partial charge in [0.1, 0.15) is 0 Å². The van der Waals surface area contributed by atoms with Crippen molar-refractivity contribution < 1.29 is 22.4 Å². The van der Waals surface area contributed by atoms with Crippen LogP contribution in [0.5, 0.6) is 0 Å². The number of nitrogens with zero attached hydrogens (tertiary/aromatic N) is 3. The van der Waals surface area contributed by atoms with Crippen LogP contribution in [0.2, 0.25) is 0 Å². The van der Waals surface area contributed by atoms with E-state index in [9.17, 15) is 13.2 Å². The Bertz CT molecular complexity index is 959. The summed E-state index contributed by atoms with van der Waals surface area (Å²) in [6.07, 6.45) is -4.45. The van der Waals surface area contributed by atoms with Crippen LogP contribution in [0.25, 0.3) is 11.4 Å². The molecule has 1 aliphatic rings. The molecule has 2 unspecified atom stereocenters. The van der Waals surface area contributed by atoms with Gasteiger partial charge in [-0.3, -0.25) is 4.90 Å². The smallest absolute Gasteiger partial charge is 0.368 e. The Morgan fingerprint density at radius 2 is 1.86 bits per heavy atom. The quantitative estimate of drug-likeness (QED) is 0.631. The van der Waals surface area contributed by atoms with Crippen molar-refractivity contribution >= 4 is 0 Å². The second-order valence-corrected chi connectivity index (χ2v) is 7.13. The topological polar surface area (TPSA) is 51.4 Å². The van der Waals surface area contributed by atoms with Crippen molar-refractivity contribution in [2.75, 3.05) is 13.1 Å². The molecule has 2 atom stereocenters. The molecule has 1 aromatic heterocycles. The first-order valence-corrected chi connectivity index (χ1v) is 9.31. The number of alkyl halides is 3. The van der Waals surface area contributed by atoms with Crippen molar-refractivity contribution in [2.45, 2.75) is 31.9 Å². The fourth-order valence-electron chi connectivity index (χ4n) is 3.48. The molecule has 2 aromatic carbocycles. The molecule has 0 saturated carbocycles. The van der Waals surface area contributed by atoms with Gasteiger partial charge in [0.05, 0.1) is 24.3 Å². The number of halogens is 3. The van der Waals surface area contributed by atoms with E-state index in [0.717, 1.165) is 17.7 Å². The minimum absolute atomic E-state index is 0.0276. The lowest BCUT2D eigenvalue weighted by Gasteiger charge is -2.36. The normalized spacial score (nSPS) is 20.7. The summed E-state index contributed by atoms with van der Waals surface area (Å²) in [5.41, 5.74) is 0.626. The third-order valence-corrected chi connectivity index (χ3v) is 4.78. The minimum Gasteiger partial charge on any atom is -0.368 e. The lowest BCUT2D eigenvalue weighted by atomic mass is 10.1. The van der Waals surface area contributed by atoms with Gasteiger partial charge in [-0.15, -0.1) is 0 Å². The van der Waals surface area contributed by atoms with Crippen molar-refractivity contribution in [3.8, 4) is 11.4 Å².